The molecule has 1 N–H and O–H groups in total. The number of thioether (sulfide) groups is 1. The Bertz CT molecular complexity index is 1360. The number of piperazine rings is 1. The minimum Gasteiger partial charge on any atom is -0.301 e. The maximum absolute atomic E-state index is 13.7. The molecule has 2 aliphatic heterocycles. The van der Waals surface area contributed by atoms with Crippen LogP contribution in [0.1, 0.15) is 69.7 Å². The Kier molecular flexibility index (Phi) is 7.48. The highest BCUT2D eigenvalue weighted by molar-refractivity contribution is 7.99. The predicted octanol–water partition coefficient (Wildman–Crippen LogP) is 4.00. The van der Waals surface area contributed by atoms with E-state index in [2.05, 4.69) is 20.1 Å². The van der Waals surface area contributed by atoms with E-state index in [0.717, 1.165) is 54.5 Å². The number of nitrogens with one attached hydrogen (secondary N) is 1. The lowest BCUT2D eigenvalue weighted by molar-refractivity contribution is -0.135. The molecule has 0 radical (unpaired) electrons. The maximum Gasteiger partial charge on any atom is 0.263 e. The van der Waals surface area contributed by atoms with Gasteiger partial charge >= 0.3 is 0 Å². The van der Waals surface area contributed by atoms with Gasteiger partial charge in [-0.25, -0.2) is 4.98 Å². The fraction of sp³-hybridized carbons (Fsp3) is 0.688. The van der Waals surface area contributed by atoms with Crippen molar-refractivity contribution in [2.45, 2.75) is 75.6 Å². The van der Waals surface area contributed by atoms with Gasteiger partial charge in [-0.15, -0.1) is 11.8 Å². The smallest absolute Gasteiger partial charge is 0.263 e. The van der Waals surface area contributed by atoms with Crippen LogP contribution in [0.15, 0.2) is 27.9 Å². The summed E-state index contributed by atoms with van der Waals surface area (Å²) < 4.78 is 1.48. The fourth-order valence-electron chi connectivity index (χ4n) is 9.34. The molecule has 2 aromatic rings. The van der Waals surface area contributed by atoms with Crippen molar-refractivity contribution in [1.82, 2.24) is 24.7 Å². The minimum atomic E-state index is -0.697. The second-order valence-corrected chi connectivity index (χ2v) is 14.8. The largest absolute Gasteiger partial charge is 0.301 e. The molecule has 6 aliphatic rings. The zero-order valence-electron chi connectivity index (χ0n) is 24.3. The van der Waals surface area contributed by atoms with Crippen LogP contribution >= 0.6 is 11.8 Å². The zero-order valence-corrected chi connectivity index (χ0v) is 25.1. The number of fused-ring (bicyclic) bond motifs is 1. The van der Waals surface area contributed by atoms with Crippen LogP contribution in [-0.2, 0) is 9.59 Å². The van der Waals surface area contributed by atoms with Crippen LogP contribution < -0.4 is 10.9 Å². The van der Waals surface area contributed by atoms with E-state index < -0.39 is 11.9 Å². The first-order valence-corrected chi connectivity index (χ1v) is 16.8. The molecule has 2 saturated heterocycles. The summed E-state index contributed by atoms with van der Waals surface area (Å²) in [6.45, 7) is 8.89. The van der Waals surface area contributed by atoms with Gasteiger partial charge in [0.25, 0.3) is 5.56 Å². The molecule has 4 aliphatic carbocycles. The number of imide groups is 1. The molecular formula is C32H43N5O3S. The van der Waals surface area contributed by atoms with Gasteiger partial charge in [0.2, 0.25) is 11.8 Å². The number of aryl methyl sites for hydroxylation is 1. The Morgan fingerprint density at radius 2 is 1.66 bits per heavy atom. The number of benzene rings is 1. The van der Waals surface area contributed by atoms with Gasteiger partial charge < -0.3 is 9.80 Å². The summed E-state index contributed by atoms with van der Waals surface area (Å²) in [5.41, 5.74) is 1.10. The van der Waals surface area contributed by atoms with Gasteiger partial charge in [0.15, 0.2) is 0 Å². The van der Waals surface area contributed by atoms with Crippen LogP contribution in [0.3, 0.4) is 0 Å². The van der Waals surface area contributed by atoms with Gasteiger partial charge in [-0.05, 0) is 106 Å². The lowest BCUT2D eigenvalue weighted by Gasteiger charge is -2.58. The molecule has 1 aromatic carbocycles. The van der Waals surface area contributed by atoms with E-state index >= 15 is 0 Å². The summed E-state index contributed by atoms with van der Waals surface area (Å²) in [5, 5.41) is 2.95. The number of hydrogen-bond donors (Lipinski definition) is 1. The Morgan fingerprint density at radius 1 is 0.976 bits per heavy atom. The van der Waals surface area contributed by atoms with Gasteiger partial charge in [-0.1, -0.05) is 6.07 Å². The summed E-state index contributed by atoms with van der Waals surface area (Å²) >= 11 is 1.71. The fourth-order valence-corrected chi connectivity index (χ4v) is 10.3. The predicted molar refractivity (Wildman–Crippen MR) is 161 cm³/mol. The Hall–Kier alpha value is -2.23. The molecule has 4 bridgehead atoms. The molecule has 1 unspecified atom stereocenters. The van der Waals surface area contributed by atoms with Gasteiger partial charge in [-0.2, -0.15) is 0 Å². The molecule has 8 nitrogen and oxygen atoms in total. The van der Waals surface area contributed by atoms with Crippen molar-refractivity contribution >= 4 is 34.5 Å². The molecular weight excluding hydrogens is 534 g/mol. The van der Waals surface area contributed by atoms with Gasteiger partial charge in [-0.3, -0.25) is 24.3 Å². The second kappa shape index (κ2) is 11.1. The topological polar surface area (TPSA) is 87.5 Å². The van der Waals surface area contributed by atoms with Gasteiger partial charge in [0, 0.05) is 44.0 Å². The number of piperidine rings is 1. The van der Waals surface area contributed by atoms with Crippen LogP contribution in [0, 0.1) is 30.1 Å². The molecule has 1 atom stereocenters. The standard InChI is InChI=1S/C32H43N5O3S/c1-21-33-25-4-2-5-27(29(25)31(40)37(21)26-6-7-28(38)34-30(26)39)41-13-3-8-35-9-11-36(12-10-35)20-32-17-22-14-23(18-32)16-24(15-22)19-32/h2,4-5,22-24,26H,3,6-20H2,1H3,(H,34,38,39). The van der Waals surface area contributed by atoms with Crippen LogP contribution in [0.2, 0.25) is 0 Å². The maximum atomic E-state index is 13.7. The Labute approximate surface area is 246 Å². The first kappa shape index (κ1) is 27.6. The quantitative estimate of drug-likeness (QED) is 0.288. The summed E-state index contributed by atoms with van der Waals surface area (Å²) in [6.07, 6.45) is 10.7. The van der Waals surface area contributed by atoms with E-state index in [1.165, 1.54) is 62.7 Å². The summed E-state index contributed by atoms with van der Waals surface area (Å²) in [7, 11) is 0. The molecule has 41 heavy (non-hydrogen) atoms. The molecule has 3 heterocycles. The summed E-state index contributed by atoms with van der Waals surface area (Å²) in [4.78, 5) is 48.8. The highest BCUT2D eigenvalue weighted by atomic mass is 32.2. The van der Waals surface area contributed by atoms with Crippen molar-refractivity contribution in [3.8, 4) is 0 Å². The highest BCUT2D eigenvalue weighted by Crippen LogP contribution is 2.60. The number of nitrogens with zero attached hydrogens (tertiary/aromatic N) is 4. The number of hydrogen-bond acceptors (Lipinski definition) is 7. The molecule has 2 amide bonds. The van der Waals surface area contributed by atoms with Crippen molar-refractivity contribution < 1.29 is 9.59 Å². The third-order valence-corrected chi connectivity index (χ3v) is 11.8. The SMILES string of the molecule is Cc1nc2cccc(SCCCN3CCN(CC45CC6CC(CC(C6)C4)C5)CC3)c2c(=O)n1C1CCC(=O)NC1=O. The third kappa shape index (κ3) is 5.50. The number of amides is 2. The Balaban J connectivity index is 0.934. The molecule has 4 saturated carbocycles. The van der Waals surface area contributed by atoms with Gasteiger partial charge in [0.1, 0.15) is 11.9 Å². The first-order chi connectivity index (χ1) is 19.9. The monoisotopic (exact) mass is 577 g/mol. The second-order valence-electron chi connectivity index (χ2n) is 13.7. The van der Waals surface area contributed by atoms with E-state index in [-0.39, 0.29) is 17.9 Å². The number of carbonyl (C=O) groups excluding carboxylic acids is 2. The van der Waals surface area contributed by atoms with Crippen LogP contribution in [0.25, 0.3) is 10.9 Å². The molecule has 1 aromatic heterocycles. The molecule has 9 heteroatoms. The molecule has 6 fully saturated rings. The normalized spacial score (nSPS) is 32.1. The lowest BCUT2D eigenvalue weighted by Crippen LogP contribution is -2.54. The number of aromatic nitrogens is 2. The van der Waals surface area contributed by atoms with E-state index in [9.17, 15) is 14.4 Å². The lowest BCUT2D eigenvalue weighted by atomic mass is 9.49. The van der Waals surface area contributed by atoms with E-state index in [0.29, 0.717) is 28.6 Å². The average Bonchev–Trinajstić information content (AvgIpc) is 2.92. The highest BCUT2D eigenvalue weighted by Gasteiger charge is 2.51. The molecule has 8 rings (SSSR count). The molecule has 220 valence electrons. The zero-order chi connectivity index (χ0) is 28.1. The van der Waals surface area contributed by atoms with Crippen LogP contribution in [0.4, 0.5) is 0 Å². The first-order valence-electron chi connectivity index (χ1n) is 15.8. The minimum absolute atomic E-state index is 0.194. The summed E-state index contributed by atoms with van der Waals surface area (Å²) in [5.74, 6) is 3.81. The average molecular weight is 578 g/mol. The van der Waals surface area contributed by atoms with E-state index in [1.54, 1.807) is 18.7 Å². The van der Waals surface area contributed by atoms with Crippen molar-refractivity contribution in [2.24, 2.45) is 23.2 Å². The Morgan fingerprint density at radius 3 is 2.34 bits per heavy atom. The van der Waals surface area contributed by atoms with Crippen molar-refractivity contribution in [2.75, 3.05) is 45.0 Å². The van der Waals surface area contributed by atoms with Crippen molar-refractivity contribution in [1.29, 1.82) is 0 Å². The van der Waals surface area contributed by atoms with E-state index in [1.807, 2.05) is 18.2 Å². The summed E-state index contributed by atoms with van der Waals surface area (Å²) in [6, 6.07) is 5.11. The molecule has 0 spiro atoms. The number of carbonyl (C=O) groups is 2. The van der Waals surface area contributed by atoms with Crippen molar-refractivity contribution in [3.63, 3.8) is 0 Å². The third-order valence-electron chi connectivity index (χ3n) is 10.7. The number of rotatable bonds is 8. The van der Waals surface area contributed by atoms with Gasteiger partial charge in [0.05, 0.1) is 10.9 Å². The van der Waals surface area contributed by atoms with Crippen LogP contribution in [0.5, 0.6) is 0 Å². The van der Waals surface area contributed by atoms with E-state index in [4.69, 9.17) is 0 Å². The van der Waals surface area contributed by atoms with Crippen LogP contribution in [-0.4, -0.2) is 76.2 Å². The van der Waals surface area contributed by atoms with Crippen molar-refractivity contribution in [3.05, 3.63) is 34.4 Å².